The van der Waals surface area contributed by atoms with E-state index in [1.165, 1.54) is 0 Å². The van der Waals surface area contributed by atoms with Crippen LogP contribution in [-0.2, 0) is 20.9 Å². The van der Waals surface area contributed by atoms with Gasteiger partial charge >= 0.3 is 5.97 Å². The Morgan fingerprint density at radius 3 is 2.30 bits per heavy atom. The summed E-state index contributed by atoms with van der Waals surface area (Å²) in [4.78, 5) is 29.1. The molecule has 0 saturated carbocycles. The second-order valence-corrected chi connectivity index (χ2v) is 8.14. The van der Waals surface area contributed by atoms with E-state index in [9.17, 15) is 14.7 Å². The summed E-state index contributed by atoms with van der Waals surface area (Å²) in [5.74, 6) is 0.796. The van der Waals surface area contributed by atoms with E-state index in [0.717, 1.165) is 38.0 Å². The number of carbonyl (C=O) groups is 2. The van der Waals surface area contributed by atoms with Crippen LogP contribution in [0.15, 0.2) is 18.2 Å². The lowest BCUT2D eigenvalue weighted by atomic mass is 9.92. The number of esters is 1. The van der Waals surface area contributed by atoms with E-state index in [1.807, 2.05) is 30.9 Å². The van der Waals surface area contributed by atoms with Crippen molar-refractivity contribution in [3.63, 3.8) is 0 Å². The summed E-state index contributed by atoms with van der Waals surface area (Å²) >= 11 is 0. The minimum atomic E-state index is -0.125. The fraction of sp³-hybridized carbons (Fsp3) is 0.652. The molecular formula is C23H34N2O5. The molecule has 1 aromatic rings. The van der Waals surface area contributed by atoms with Gasteiger partial charge in [-0.05, 0) is 70.3 Å². The van der Waals surface area contributed by atoms with E-state index < -0.39 is 0 Å². The number of ether oxygens (including phenoxy) is 2. The Kier molecular flexibility index (Phi) is 7.96. The molecule has 1 aromatic carbocycles. The van der Waals surface area contributed by atoms with Crippen LogP contribution in [0.4, 0.5) is 0 Å². The standard InChI is InChI=1S/C23H34N2O5/c1-3-29-21-15-17(5-6-20(21)26)16-24-11-7-18(8-12-24)22(27)25-13-9-19(10-14-25)23(28)30-4-2/h5-6,15,18-19,26H,3-4,7-14,16H2,1-2H3. The Bertz CT molecular complexity index is 722. The van der Waals surface area contributed by atoms with Gasteiger partial charge in [-0.15, -0.1) is 0 Å². The van der Waals surface area contributed by atoms with Crippen molar-refractivity contribution >= 4 is 11.9 Å². The summed E-state index contributed by atoms with van der Waals surface area (Å²) in [5, 5.41) is 9.86. The van der Waals surface area contributed by atoms with Gasteiger partial charge in [-0.1, -0.05) is 6.07 Å². The zero-order valence-corrected chi connectivity index (χ0v) is 18.1. The van der Waals surface area contributed by atoms with Crippen molar-refractivity contribution in [2.75, 3.05) is 39.4 Å². The molecule has 2 aliphatic heterocycles. The number of benzene rings is 1. The predicted molar refractivity (Wildman–Crippen MR) is 113 cm³/mol. The monoisotopic (exact) mass is 418 g/mol. The number of nitrogens with zero attached hydrogens (tertiary/aromatic N) is 2. The van der Waals surface area contributed by atoms with Crippen LogP contribution < -0.4 is 4.74 Å². The molecule has 7 nitrogen and oxygen atoms in total. The quantitative estimate of drug-likeness (QED) is 0.686. The van der Waals surface area contributed by atoms with E-state index in [-0.39, 0.29) is 29.5 Å². The van der Waals surface area contributed by atoms with Crippen LogP contribution in [0.5, 0.6) is 11.5 Å². The second kappa shape index (κ2) is 10.7. The van der Waals surface area contributed by atoms with Crippen molar-refractivity contribution in [1.82, 2.24) is 9.80 Å². The fourth-order valence-electron chi connectivity index (χ4n) is 4.38. The van der Waals surface area contributed by atoms with Crippen molar-refractivity contribution < 1.29 is 24.2 Å². The van der Waals surface area contributed by atoms with Crippen LogP contribution in [0.3, 0.4) is 0 Å². The molecule has 2 heterocycles. The van der Waals surface area contributed by atoms with Crippen LogP contribution in [-0.4, -0.2) is 66.2 Å². The first-order chi connectivity index (χ1) is 14.5. The van der Waals surface area contributed by atoms with E-state index in [0.29, 0.717) is 44.9 Å². The van der Waals surface area contributed by atoms with Gasteiger partial charge in [0.25, 0.3) is 0 Å². The molecule has 0 unspecified atom stereocenters. The van der Waals surface area contributed by atoms with Gasteiger partial charge in [0, 0.05) is 25.6 Å². The number of phenolic OH excluding ortho intramolecular Hbond substituents is 1. The highest BCUT2D eigenvalue weighted by atomic mass is 16.5. The molecule has 1 amide bonds. The van der Waals surface area contributed by atoms with Crippen LogP contribution >= 0.6 is 0 Å². The van der Waals surface area contributed by atoms with Gasteiger partial charge < -0.3 is 19.5 Å². The van der Waals surface area contributed by atoms with Crippen LogP contribution in [0, 0.1) is 11.8 Å². The number of hydrogen-bond donors (Lipinski definition) is 1. The zero-order chi connectivity index (χ0) is 21.5. The number of rotatable bonds is 7. The molecule has 3 rings (SSSR count). The highest BCUT2D eigenvalue weighted by Gasteiger charge is 2.33. The van der Waals surface area contributed by atoms with Gasteiger partial charge in [0.15, 0.2) is 11.5 Å². The molecule has 0 aliphatic carbocycles. The summed E-state index contributed by atoms with van der Waals surface area (Å²) in [6.07, 6.45) is 3.11. The smallest absolute Gasteiger partial charge is 0.309 e. The summed E-state index contributed by atoms with van der Waals surface area (Å²) < 4.78 is 10.6. The molecule has 7 heteroatoms. The SMILES string of the molecule is CCOC(=O)C1CCN(C(=O)C2CCN(Cc3ccc(O)c(OCC)c3)CC2)CC1. The average Bonchev–Trinajstić information content (AvgIpc) is 2.76. The molecule has 2 saturated heterocycles. The topological polar surface area (TPSA) is 79.3 Å². The third-order valence-corrected chi connectivity index (χ3v) is 6.09. The Hall–Kier alpha value is -2.28. The fourth-order valence-corrected chi connectivity index (χ4v) is 4.38. The molecule has 1 N–H and O–H groups in total. The molecule has 2 aliphatic rings. The van der Waals surface area contributed by atoms with E-state index in [2.05, 4.69) is 4.90 Å². The Morgan fingerprint density at radius 2 is 1.67 bits per heavy atom. The van der Waals surface area contributed by atoms with Crippen molar-refractivity contribution in [3.8, 4) is 11.5 Å². The molecule has 0 aromatic heterocycles. The van der Waals surface area contributed by atoms with Gasteiger partial charge in [0.1, 0.15) is 0 Å². The number of carbonyl (C=O) groups excluding carboxylic acids is 2. The highest BCUT2D eigenvalue weighted by molar-refractivity contribution is 5.79. The normalized spacial score (nSPS) is 18.9. The van der Waals surface area contributed by atoms with Crippen LogP contribution in [0.1, 0.15) is 45.1 Å². The van der Waals surface area contributed by atoms with E-state index >= 15 is 0 Å². The lowest BCUT2D eigenvalue weighted by Crippen LogP contribution is -2.46. The third-order valence-electron chi connectivity index (χ3n) is 6.09. The molecule has 0 spiro atoms. The van der Waals surface area contributed by atoms with Gasteiger partial charge in [-0.2, -0.15) is 0 Å². The maximum Gasteiger partial charge on any atom is 0.309 e. The van der Waals surface area contributed by atoms with Crippen molar-refractivity contribution in [3.05, 3.63) is 23.8 Å². The number of likely N-dealkylation sites (tertiary alicyclic amines) is 2. The summed E-state index contributed by atoms with van der Waals surface area (Å²) in [6, 6.07) is 5.49. The highest BCUT2D eigenvalue weighted by Crippen LogP contribution is 2.29. The van der Waals surface area contributed by atoms with E-state index in [4.69, 9.17) is 9.47 Å². The van der Waals surface area contributed by atoms with Gasteiger partial charge in [-0.3, -0.25) is 14.5 Å². The molecule has 0 radical (unpaired) electrons. The first kappa shape index (κ1) is 22.4. The molecule has 0 bridgehead atoms. The predicted octanol–water partition coefficient (Wildman–Crippen LogP) is 2.80. The molecule has 2 fully saturated rings. The summed E-state index contributed by atoms with van der Waals surface area (Å²) in [5.41, 5.74) is 1.10. The molecule has 30 heavy (non-hydrogen) atoms. The number of hydrogen-bond acceptors (Lipinski definition) is 6. The van der Waals surface area contributed by atoms with Crippen LogP contribution in [0.2, 0.25) is 0 Å². The maximum absolute atomic E-state index is 12.9. The Balaban J connectivity index is 1.45. The summed E-state index contributed by atoms with van der Waals surface area (Å²) in [6.45, 7) is 8.48. The van der Waals surface area contributed by atoms with Gasteiger partial charge in [0.2, 0.25) is 5.91 Å². The Labute approximate surface area is 178 Å². The molecule has 0 atom stereocenters. The van der Waals surface area contributed by atoms with E-state index in [1.54, 1.807) is 6.07 Å². The number of aromatic hydroxyl groups is 1. The first-order valence-electron chi connectivity index (χ1n) is 11.1. The first-order valence-corrected chi connectivity index (χ1v) is 11.1. The maximum atomic E-state index is 12.9. The zero-order valence-electron chi connectivity index (χ0n) is 18.1. The minimum absolute atomic E-state index is 0.0669. The Morgan fingerprint density at radius 1 is 1.00 bits per heavy atom. The van der Waals surface area contributed by atoms with Gasteiger partial charge in [-0.25, -0.2) is 0 Å². The average molecular weight is 419 g/mol. The van der Waals surface area contributed by atoms with Crippen molar-refractivity contribution in [2.24, 2.45) is 11.8 Å². The minimum Gasteiger partial charge on any atom is -0.504 e. The number of phenols is 1. The van der Waals surface area contributed by atoms with Crippen LogP contribution in [0.25, 0.3) is 0 Å². The molecular weight excluding hydrogens is 384 g/mol. The number of amides is 1. The van der Waals surface area contributed by atoms with Gasteiger partial charge in [0.05, 0.1) is 19.1 Å². The third kappa shape index (κ3) is 5.65. The lowest BCUT2D eigenvalue weighted by Gasteiger charge is -2.37. The number of piperidine rings is 2. The second-order valence-electron chi connectivity index (χ2n) is 8.14. The summed E-state index contributed by atoms with van der Waals surface area (Å²) in [7, 11) is 0. The van der Waals surface area contributed by atoms with Crippen molar-refractivity contribution in [1.29, 1.82) is 0 Å². The van der Waals surface area contributed by atoms with Crippen molar-refractivity contribution in [2.45, 2.75) is 46.1 Å². The largest absolute Gasteiger partial charge is 0.504 e. The molecule has 166 valence electrons. The lowest BCUT2D eigenvalue weighted by molar-refractivity contribution is -0.152.